The molecule has 0 aromatic carbocycles. The van der Waals surface area contributed by atoms with Crippen molar-refractivity contribution < 1.29 is 0 Å². The van der Waals surface area contributed by atoms with E-state index >= 15 is 0 Å². The fraction of sp³-hybridized carbons (Fsp3) is 0.364. The van der Waals surface area contributed by atoms with E-state index in [4.69, 9.17) is 11.6 Å². The van der Waals surface area contributed by atoms with Crippen LogP contribution in [0.15, 0.2) is 17.5 Å². The lowest BCUT2D eigenvalue weighted by atomic mass is 10.4. The first-order valence-corrected chi connectivity index (χ1v) is 6.61. The predicted molar refractivity (Wildman–Crippen MR) is 70.5 cm³/mol. The maximum absolute atomic E-state index is 5.67. The van der Waals surface area contributed by atoms with Gasteiger partial charge in [0.1, 0.15) is 0 Å². The summed E-state index contributed by atoms with van der Waals surface area (Å²) in [4.78, 5) is 6.43. The van der Waals surface area contributed by atoms with Gasteiger partial charge in [0, 0.05) is 12.4 Å². The highest BCUT2D eigenvalue weighted by Crippen LogP contribution is 2.14. The molecule has 2 aromatic heterocycles. The first kappa shape index (κ1) is 12.3. The average molecular weight is 269 g/mol. The molecule has 2 heterocycles. The van der Waals surface area contributed by atoms with Gasteiger partial charge in [-0.2, -0.15) is 5.10 Å². The van der Waals surface area contributed by atoms with Crippen LogP contribution in [0.1, 0.15) is 16.4 Å². The van der Waals surface area contributed by atoms with Crippen molar-refractivity contribution in [2.24, 2.45) is 0 Å². The van der Waals surface area contributed by atoms with Crippen LogP contribution in [-0.4, -0.2) is 22.2 Å². The Morgan fingerprint density at radius 1 is 1.29 bits per heavy atom. The molecule has 0 spiro atoms. The summed E-state index contributed by atoms with van der Waals surface area (Å²) in [6, 6.07) is 3.81. The number of rotatable bonds is 4. The van der Waals surface area contributed by atoms with Crippen LogP contribution in [0.2, 0.25) is 0 Å². The average Bonchev–Trinajstić information content (AvgIpc) is 2.75. The number of alkyl halides is 1. The standard InChI is InChI=1S/C11H13ClN4S/c1-8-13-10(7-17-8)6-16(2)11-4-3-9(5-12)14-15-11/h3-4,7H,5-6H2,1-2H3. The zero-order valence-electron chi connectivity index (χ0n) is 9.72. The van der Waals surface area contributed by atoms with E-state index in [1.807, 2.05) is 31.0 Å². The Bertz CT molecular complexity index is 482. The summed E-state index contributed by atoms with van der Waals surface area (Å²) in [6.45, 7) is 2.74. The summed E-state index contributed by atoms with van der Waals surface area (Å²) < 4.78 is 0. The summed E-state index contributed by atoms with van der Waals surface area (Å²) in [7, 11) is 1.97. The summed E-state index contributed by atoms with van der Waals surface area (Å²) in [6.07, 6.45) is 0. The van der Waals surface area contributed by atoms with E-state index < -0.39 is 0 Å². The highest BCUT2D eigenvalue weighted by molar-refractivity contribution is 7.09. The number of hydrogen-bond donors (Lipinski definition) is 0. The molecule has 0 radical (unpaired) electrons. The Morgan fingerprint density at radius 2 is 2.12 bits per heavy atom. The third-order valence-corrected chi connectivity index (χ3v) is 3.40. The van der Waals surface area contributed by atoms with Crippen LogP contribution in [-0.2, 0) is 12.4 Å². The van der Waals surface area contributed by atoms with Gasteiger partial charge in [-0.05, 0) is 19.1 Å². The molecule has 2 aromatic rings. The molecular formula is C11H13ClN4S. The van der Waals surface area contributed by atoms with E-state index in [0.29, 0.717) is 5.88 Å². The van der Waals surface area contributed by atoms with Gasteiger partial charge in [0.05, 0.1) is 28.8 Å². The Balaban J connectivity index is 2.06. The Hall–Kier alpha value is -1.20. The molecule has 0 saturated heterocycles. The van der Waals surface area contributed by atoms with E-state index in [0.717, 1.165) is 28.8 Å². The largest absolute Gasteiger partial charge is 0.352 e. The van der Waals surface area contributed by atoms with Crippen molar-refractivity contribution in [3.8, 4) is 0 Å². The van der Waals surface area contributed by atoms with Crippen LogP contribution >= 0.6 is 22.9 Å². The van der Waals surface area contributed by atoms with Crippen molar-refractivity contribution >= 4 is 28.8 Å². The monoisotopic (exact) mass is 268 g/mol. The number of aromatic nitrogens is 3. The van der Waals surface area contributed by atoms with Crippen LogP contribution in [0.3, 0.4) is 0 Å². The fourth-order valence-electron chi connectivity index (χ4n) is 1.43. The smallest absolute Gasteiger partial charge is 0.151 e. The molecule has 0 fully saturated rings. The van der Waals surface area contributed by atoms with E-state index in [-0.39, 0.29) is 0 Å². The van der Waals surface area contributed by atoms with Gasteiger partial charge in [0.25, 0.3) is 0 Å². The van der Waals surface area contributed by atoms with Crippen molar-refractivity contribution in [3.05, 3.63) is 33.9 Å². The molecule has 90 valence electrons. The number of halogens is 1. The van der Waals surface area contributed by atoms with Crippen LogP contribution in [0.25, 0.3) is 0 Å². The van der Waals surface area contributed by atoms with Gasteiger partial charge in [0.15, 0.2) is 5.82 Å². The minimum absolute atomic E-state index is 0.391. The molecule has 0 atom stereocenters. The molecular weight excluding hydrogens is 256 g/mol. The molecule has 0 aliphatic rings. The van der Waals surface area contributed by atoms with Crippen LogP contribution < -0.4 is 4.90 Å². The number of hydrogen-bond acceptors (Lipinski definition) is 5. The highest BCUT2D eigenvalue weighted by atomic mass is 35.5. The van der Waals surface area contributed by atoms with Crippen LogP contribution in [0.4, 0.5) is 5.82 Å². The third-order valence-electron chi connectivity index (χ3n) is 2.30. The van der Waals surface area contributed by atoms with E-state index in [1.54, 1.807) is 11.3 Å². The zero-order chi connectivity index (χ0) is 12.3. The van der Waals surface area contributed by atoms with Gasteiger partial charge in [-0.3, -0.25) is 0 Å². The zero-order valence-corrected chi connectivity index (χ0v) is 11.3. The van der Waals surface area contributed by atoms with Gasteiger partial charge >= 0.3 is 0 Å². The number of anilines is 1. The Labute approximate surface area is 109 Å². The topological polar surface area (TPSA) is 41.9 Å². The second kappa shape index (κ2) is 5.42. The summed E-state index contributed by atoms with van der Waals surface area (Å²) in [5.74, 6) is 1.21. The number of thiazole rings is 1. The van der Waals surface area contributed by atoms with Crippen molar-refractivity contribution in [2.45, 2.75) is 19.3 Å². The highest BCUT2D eigenvalue weighted by Gasteiger charge is 2.06. The lowest BCUT2D eigenvalue weighted by Gasteiger charge is -2.15. The summed E-state index contributed by atoms with van der Waals surface area (Å²) >= 11 is 7.32. The van der Waals surface area contributed by atoms with Crippen molar-refractivity contribution in [1.29, 1.82) is 0 Å². The normalized spacial score (nSPS) is 10.5. The minimum atomic E-state index is 0.391. The number of aryl methyl sites for hydroxylation is 1. The van der Waals surface area contributed by atoms with Crippen LogP contribution in [0.5, 0.6) is 0 Å². The van der Waals surface area contributed by atoms with Crippen molar-refractivity contribution in [1.82, 2.24) is 15.2 Å². The van der Waals surface area contributed by atoms with Crippen molar-refractivity contribution in [3.63, 3.8) is 0 Å². The van der Waals surface area contributed by atoms with Gasteiger partial charge < -0.3 is 4.90 Å². The molecule has 6 heteroatoms. The maximum Gasteiger partial charge on any atom is 0.151 e. The predicted octanol–water partition coefficient (Wildman–Crippen LogP) is 2.62. The first-order chi connectivity index (χ1) is 8.19. The van der Waals surface area contributed by atoms with Gasteiger partial charge in [-0.25, -0.2) is 4.98 Å². The van der Waals surface area contributed by atoms with E-state index in [2.05, 4.69) is 20.6 Å². The molecule has 0 N–H and O–H groups in total. The van der Waals surface area contributed by atoms with Crippen molar-refractivity contribution in [2.75, 3.05) is 11.9 Å². The van der Waals surface area contributed by atoms with Crippen LogP contribution in [0, 0.1) is 6.92 Å². The quantitative estimate of drug-likeness (QED) is 0.800. The SMILES string of the molecule is Cc1nc(CN(C)c2ccc(CCl)nn2)cs1. The number of nitrogens with zero attached hydrogens (tertiary/aromatic N) is 4. The lowest BCUT2D eigenvalue weighted by molar-refractivity contribution is 0.837. The summed E-state index contributed by atoms with van der Waals surface area (Å²) in [5.41, 5.74) is 1.84. The third kappa shape index (κ3) is 3.14. The fourth-order valence-corrected chi connectivity index (χ4v) is 2.18. The molecule has 2 rings (SSSR count). The second-order valence-corrected chi connectivity index (χ2v) is 5.06. The van der Waals surface area contributed by atoms with Gasteiger partial charge in [-0.15, -0.1) is 28.0 Å². The maximum atomic E-state index is 5.67. The van der Waals surface area contributed by atoms with E-state index in [1.165, 1.54) is 0 Å². The second-order valence-electron chi connectivity index (χ2n) is 3.73. The molecule has 0 amide bonds. The molecule has 17 heavy (non-hydrogen) atoms. The molecule has 0 aliphatic carbocycles. The molecule has 0 aliphatic heterocycles. The minimum Gasteiger partial charge on any atom is -0.352 e. The Kier molecular flexibility index (Phi) is 3.91. The van der Waals surface area contributed by atoms with Gasteiger partial charge in [-0.1, -0.05) is 0 Å². The molecule has 0 bridgehead atoms. The van der Waals surface area contributed by atoms with E-state index in [9.17, 15) is 0 Å². The molecule has 0 unspecified atom stereocenters. The lowest BCUT2D eigenvalue weighted by Crippen LogP contribution is -2.18. The first-order valence-electron chi connectivity index (χ1n) is 5.20. The summed E-state index contributed by atoms with van der Waals surface area (Å²) in [5, 5.41) is 11.3. The molecule has 4 nitrogen and oxygen atoms in total. The van der Waals surface area contributed by atoms with Gasteiger partial charge in [0.2, 0.25) is 0 Å². The molecule has 0 saturated carbocycles. The Morgan fingerprint density at radius 3 is 2.65 bits per heavy atom.